The summed E-state index contributed by atoms with van der Waals surface area (Å²) in [6.07, 6.45) is 2.95. The van der Waals surface area contributed by atoms with Crippen LogP contribution in [0.2, 0.25) is 0 Å². The predicted molar refractivity (Wildman–Crippen MR) is 50.7 cm³/mol. The number of carbonyl (C=O) groups excluding carboxylic acids is 1. The van der Waals surface area contributed by atoms with Gasteiger partial charge in [0, 0.05) is 18.5 Å². The van der Waals surface area contributed by atoms with Gasteiger partial charge in [0.05, 0.1) is 0 Å². The Morgan fingerprint density at radius 2 is 2.25 bits per heavy atom. The number of allylic oxidation sites excluding steroid dienone is 1. The summed E-state index contributed by atoms with van der Waals surface area (Å²) in [6.45, 7) is 7.81. The highest BCUT2D eigenvalue weighted by molar-refractivity contribution is 5.76. The molecule has 0 aromatic carbocycles. The third-order valence-electron chi connectivity index (χ3n) is 1.32. The molecule has 0 unspecified atom stereocenters. The van der Waals surface area contributed by atoms with Crippen LogP contribution in [-0.4, -0.2) is 18.0 Å². The smallest absolute Gasteiger partial charge is 0.220 e. The second kappa shape index (κ2) is 4.93. The van der Waals surface area contributed by atoms with Crippen LogP contribution in [-0.2, 0) is 4.79 Å². The second-order valence-electron chi connectivity index (χ2n) is 3.59. The van der Waals surface area contributed by atoms with Gasteiger partial charge in [0.2, 0.25) is 5.91 Å². The molecule has 0 saturated carbocycles. The predicted octanol–water partition coefficient (Wildman–Crippen LogP) is 0.806. The summed E-state index contributed by atoms with van der Waals surface area (Å²) in [4.78, 5) is 11.0. The Labute approximate surface area is 74.0 Å². The van der Waals surface area contributed by atoms with E-state index in [4.69, 9.17) is 5.73 Å². The summed E-state index contributed by atoms with van der Waals surface area (Å²) < 4.78 is 0. The maximum atomic E-state index is 11.0. The van der Waals surface area contributed by atoms with Crippen molar-refractivity contribution in [1.29, 1.82) is 0 Å². The second-order valence-corrected chi connectivity index (χ2v) is 3.59. The zero-order valence-corrected chi connectivity index (χ0v) is 7.89. The Morgan fingerprint density at radius 3 is 2.67 bits per heavy atom. The molecule has 0 aliphatic rings. The summed E-state index contributed by atoms with van der Waals surface area (Å²) in [7, 11) is 0. The molecule has 0 rings (SSSR count). The van der Waals surface area contributed by atoms with E-state index < -0.39 is 0 Å². The minimum Gasteiger partial charge on any atom is -0.354 e. The normalized spacial score (nSPS) is 10.9. The van der Waals surface area contributed by atoms with Crippen LogP contribution in [0.1, 0.15) is 26.7 Å². The van der Waals surface area contributed by atoms with Crippen molar-refractivity contribution in [2.24, 2.45) is 5.73 Å². The Hall–Kier alpha value is -0.830. The zero-order valence-electron chi connectivity index (χ0n) is 7.89. The lowest BCUT2D eigenvalue weighted by atomic mass is 10.1. The van der Waals surface area contributed by atoms with E-state index in [1.807, 2.05) is 13.8 Å². The van der Waals surface area contributed by atoms with E-state index in [2.05, 4.69) is 11.9 Å². The fraction of sp³-hybridized carbons (Fsp3) is 0.667. The van der Waals surface area contributed by atoms with E-state index in [0.717, 1.165) is 6.42 Å². The number of nitrogens with one attached hydrogen (secondary N) is 1. The van der Waals surface area contributed by atoms with Gasteiger partial charge in [0.15, 0.2) is 0 Å². The van der Waals surface area contributed by atoms with Crippen molar-refractivity contribution >= 4 is 5.91 Å². The van der Waals surface area contributed by atoms with Gasteiger partial charge >= 0.3 is 0 Å². The maximum absolute atomic E-state index is 11.0. The Bertz CT molecular complexity index is 158. The molecule has 0 aliphatic carbocycles. The molecule has 0 heterocycles. The summed E-state index contributed by atoms with van der Waals surface area (Å²) in [5.74, 6) is 0.0356. The molecule has 3 heteroatoms. The molecule has 0 bridgehead atoms. The van der Waals surface area contributed by atoms with Crippen LogP contribution >= 0.6 is 0 Å². The van der Waals surface area contributed by atoms with Gasteiger partial charge in [-0.2, -0.15) is 0 Å². The first-order valence-corrected chi connectivity index (χ1v) is 4.12. The third-order valence-corrected chi connectivity index (χ3v) is 1.32. The number of hydrogen-bond donors (Lipinski definition) is 2. The number of amides is 1. The van der Waals surface area contributed by atoms with Crippen molar-refractivity contribution in [3.63, 3.8) is 0 Å². The molecule has 3 N–H and O–H groups in total. The first-order valence-electron chi connectivity index (χ1n) is 4.12. The summed E-state index contributed by atoms with van der Waals surface area (Å²) in [5, 5.41) is 2.75. The van der Waals surface area contributed by atoms with Gasteiger partial charge in [0.25, 0.3) is 0 Å². The molecule has 0 fully saturated rings. The Morgan fingerprint density at radius 1 is 1.67 bits per heavy atom. The summed E-state index contributed by atoms with van der Waals surface area (Å²) in [5.41, 5.74) is 5.35. The standard InChI is InChI=1S/C9H18N2O/c1-4-5-6-8(12)11-7-9(2,3)10/h4H,1,5-7,10H2,2-3H3,(H,11,12). The van der Waals surface area contributed by atoms with Crippen LogP contribution in [0.25, 0.3) is 0 Å². The quantitative estimate of drug-likeness (QED) is 0.600. The average Bonchev–Trinajstić information content (AvgIpc) is 1.95. The van der Waals surface area contributed by atoms with Crippen molar-refractivity contribution in [3.05, 3.63) is 12.7 Å². The summed E-state index contributed by atoms with van der Waals surface area (Å²) in [6, 6.07) is 0. The van der Waals surface area contributed by atoms with Crippen molar-refractivity contribution in [2.45, 2.75) is 32.2 Å². The van der Waals surface area contributed by atoms with E-state index in [1.54, 1.807) is 6.08 Å². The van der Waals surface area contributed by atoms with Crippen LogP contribution in [0, 0.1) is 0 Å². The van der Waals surface area contributed by atoms with Crippen LogP contribution in [0.4, 0.5) is 0 Å². The fourth-order valence-corrected chi connectivity index (χ4v) is 0.648. The number of nitrogens with two attached hydrogens (primary N) is 1. The average molecular weight is 170 g/mol. The third kappa shape index (κ3) is 7.28. The van der Waals surface area contributed by atoms with Gasteiger partial charge in [-0.1, -0.05) is 6.08 Å². The molecule has 0 aromatic heterocycles. The van der Waals surface area contributed by atoms with Crippen molar-refractivity contribution in [3.8, 4) is 0 Å². The van der Waals surface area contributed by atoms with Gasteiger partial charge in [0.1, 0.15) is 0 Å². The largest absolute Gasteiger partial charge is 0.354 e. The number of rotatable bonds is 5. The summed E-state index contributed by atoms with van der Waals surface area (Å²) >= 11 is 0. The first kappa shape index (κ1) is 11.2. The molecule has 3 nitrogen and oxygen atoms in total. The minimum absolute atomic E-state index is 0.0356. The van der Waals surface area contributed by atoms with E-state index >= 15 is 0 Å². The van der Waals surface area contributed by atoms with Gasteiger partial charge in [-0.15, -0.1) is 6.58 Å². The highest BCUT2D eigenvalue weighted by Gasteiger charge is 2.11. The molecule has 0 aromatic rings. The molecule has 0 saturated heterocycles. The maximum Gasteiger partial charge on any atom is 0.220 e. The lowest BCUT2D eigenvalue weighted by Gasteiger charge is -2.18. The lowest BCUT2D eigenvalue weighted by Crippen LogP contribution is -2.45. The molecule has 0 spiro atoms. The van der Waals surface area contributed by atoms with E-state index in [-0.39, 0.29) is 11.4 Å². The number of carbonyl (C=O) groups is 1. The molecule has 0 atom stereocenters. The van der Waals surface area contributed by atoms with Crippen molar-refractivity contribution in [2.75, 3.05) is 6.54 Å². The van der Waals surface area contributed by atoms with Crippen molar-refractivity contribution in [1.82, 2.24) is 5.32 Å². The highest BCUT2D eigenvalue weighted by Crippen LogP contribution is 1.94. The SMILES string of the molecule is C=CCCC(=O)NCC(C)(C)N. The monoisotopic (exact) mass is 170 g/mol. The Balaban J connectivity index is 3.51. The molecule has 0 radical (unpaired) electrons. The minimum atomic E-state index is -0.330. The van der Waals surface area contributed by atoms with Gasteiger partial charge in [-0.05, 0) is 20.3 Å². The molecular formula is C9H18N2O. The topological polar surface area (TPSA) is 55.1 Å². The van der Waals surface area contributed by atoms with E-state index in [1.165, 1.54) is 0 Å². The van der Waals surface area contributed by atoms with Gasteiger partial charge < -0.3 is 11.1 Å². The van der Waals surface area contributed by atoms with Crippen LogP contribution in [0.5, 0.6) is 0 Å². The molecule has 0 aliphatic heterocycles. The number of hydrogen-bond acceptors (Lipinski definition) is 2. The molecule has 1 amide bonds. The molecular weight excluding hydrogens is 152 g/mol. The lowest BCUT2D eigenvalue weighted by molar-refractivity contribution is -0.121. The van der Waals surface area contributed by atoms with Gasteiger partial charge in [-0.25, -0.2) is 0 Å². The fourth-order valence-electron chi connectivity index (χ4n) is 0.648. The zero-order chi connectivity index (χ0) is 9.61. The molecule has 12 heavy (non-hydrogen) atoms. The van der Waals surface area contributed by atoms with Crippen molar-refractivity contribution < 1.29 is 4.79 Å². The van der Waals surface area contributed by atoms with E-state index in [9.17, 15) is 4.79 Å². The van der Waals surface area contributed by atoms with Crippen LogP contribution < -0.4 is 11.1 Å². The highest BCUT2D eigenvalue weighted by atomic mass is 16.1. The molecule has 70 valence electrons. The van der Waals surface area contributed by atoms with Crippen LogP contribution in [0.3, 0.4) is 0 Å². The van der Waals surface area contributed by atoms with Gasteiger partial charge in [-0.3, -0.25) is 4.79 Å². The Kier molecular flexibility index (Phi) is 4.59. The van der Waals surface area contributed by atoms with E-state index in [0.29, 0.717) is 13.0 Å². The first-order chi connectivity index (χ1) is 5.45. The van der Waals surface area contributed by atoms with Crippen LogP contribution in [0.15, 0.2) is 12.7 Å².